The third-order valence-electron chi connectivity index (χ3n) is 1.53. The molecule has 1 aromatic rings. The lowest BCUT2D eigenvalue weighted by molar-refractivity contribution is -0.159. The number of hydrogen-bond acceptors (Lipinski definition) is 5. The molecule has 0 aliphatic carbocycles. The quantitative estimate of drug-likeness (QED) is 0.487. The Kier molecular flexibility index (Phi) is 4.60. The van der Waals surface area contributed by atoms with Crippen LogP contribution in [0, 0.1) is 0 Å². The van der Waals surface area contributed by atoms with Crippen LogP contribution in [0.4, 0.5) is 0 Å². The van der Waals surface area contributed by atoms with Gasteiger partial charge in [-0.3, -0.25) is 4.79 Å². The van der Waals surface area contributed by atoms with Crippen molar-refractivity contribution in [2.75, 3.05) is 12.5 Å². The number of hydrogen-bond donors (Lipinski definition) is 1. The SMILES string of the molecule is O=C(CCl)OC(=O)COc1ccc(O)cc1. The Hall–Kier alpha value is -1.75. The number of benzene rings is 1. The summed E-state index contributed by atoms with van der Waals surface area (Å²) in [6.45, 7) is -0.395. The molecule has 16 heavy (non-hydrogen) atoms. The summed E-state index contributed by atoms with van der Waals surface area (Å²) in [6, 6.07) is 5.77. The minimum absolute atomic E-state index is 0.0900. The predicted octanol–water partition coefficient (Wildman–Crippen LogP) is 1.08. The first-order valence-electron chi connectivity index (χ1n) is 4.33. The molecule has 0 saturated carbocycles. The third-order valence-corrected chi connectivity index (χ3v) is 1.75. The van der Waals surface area contributed by atoms with Crippen LogP contribution in [0.2, 0.25) is 0 Å². The molecule has 5 nitrogen and oxygen atoms in total. The zero-order valence-electron chi connectivity index (χ0n) is 8.18. The zero-order chi connectivity index (χ0) is 12.0. The summed E-state index contributed by atoms with van der Waals surface area (Å²) in [5.74, 6) is -1.55. The lowest BCUT2D eigenvalue weighted by Gasteiger charge is -2.04. The molecule has 6 heteroatoms. The number of carbonyl (C=O) groups excluding carboxylic acids is 2. The molecule has 86 valence electrons. The Morgan fingerprint density at radius 1 is 1.19 bits per heavy atom. The molecule has 0 bridgehead atoms. The number of carbonyl (C=O) groups is 2. The lowest BCUT2D eigenvalue weighted by Crippen LogP contribution is -2.19. The summed E-state index contributed by atoms with van der Waals surface area (Å²) in [4.78, 5) is 21.6. The standard InChI is InChI=1S/C10H9ClO5/c11-5-9(13)16-10(14)6-15-8-3-1-7(12)2-4-8/h1-4,12H,5-6H2. The largest absolute Gasteiger partial charge is 0.508 e. The van der Waals surface area contributed by atoms with Crippen molar-refractivity contribution in [1.29, 1.82) is 0 Å². The van der Waals surface area contributed by atoms with Crippen LogP contribution < -0.4 is 4.74 Å². The first-order valence-corrected chi connectivity index (χ1v) is 4.86. The van der Waals surface area contributed by atoms with Crippen molar-refractivity contribution in [3.8, 4) is 11.5 Å². The van der Waals surface area contributed by atoms with E-state index in [2.05, 4.69) is 4.74 Å². The van der Waals surface area contributed by atoms with Crippen molar-refractivity contribution >= 4 is 23.5 Å². The smallest absolute Gasteiger partial charge is 0.351 e. The molecule has 0 spiro atoms. The van der Waals surface area contributed by atoms with E-state index >= 15 is 0 Å². The van der Waals surface area contributed by atoms with Crippen molar-refractivity contribution in [3.63, 3.8) is 0 Å². The van der Waals surface area contributed by atoms with Crippen molar-refractivity contribution in [2.24, 2.45) is 0 Å². The molecule has 0 unspecified atom stereocenters. The van der Waals surface area contributed by atoms with Gasteiger partial charge in [0.2, 0.25) is 0 Å². The van der Waals surface area contributed by atoms with Crippen molar-refractivity contribution in [2.45, 2.75) is 0 Å². The molecule has 1 aromatic carbocycles. The van der Waals surface area contributed by atoms with Crippen LogP contribution in [0.25, 0.3) is 0 Å². The highest BCUT2D eigenvalue weighted by atomic mass is 35.5. The molecular weight excluding hydrogens is 236 g/mol. The Bertz CT molecular complexity index is 373. The number of halogens is 1. The second-order valence-corrected chi connectivity index (χ2v) is 3.03. The second-order valence-electron chi connectivity index (χ2n) is 2.76. The summed E-state index contributed by atoms with van der Waals surface area (Å²) in [5.41, 5.74) is 0. The van der Waals surface area contributed by atoms with E-state index in [-0.39, 0.29) is 11.6 Å². The van der Waals surface area contributed by atoms with E-state index in [1.807, 2.05) is 0 Å². The van der Waals surface area contributed by atoms with Crippen LogP contribution >= 0.6 is 11.6 Å². The maximum absolute atomic E-state index is 11.0. The van der Waals surface area contributed by atoms with Gasteiger partial charge >= 0.3 is 11.9 Å². The fraction of sp³-hybridized carbons (Fsp3) is 0.200. The molecule has 0 heterocycles. The van der Waals surface area contributed by atoms with Gasteiger partial charge in [0.05, 0.1) is 0 Å². The monoisotopic (exact) mass is 244 g/mol. The van der Waals surface area contributed by atoms with E-state index in [4.69, 9.17) is 21.4 Å². The zero-order valence-corrected chi connectivity index (χ0v) is 8.94. The van der Waals surface area contributed by atoms with E-state index < -0.39 is 18.5 Å². The highest BCUT2D eigenvalue weighted by Crippen LogP contribution is 2.15. The number of alkyl halides is 1. The molecule has 0 atom stereocenters. The van der Waals surface area contributed by atoms with Gasteiger partial charge in [-0.1, -0.05) is 0 Å². The van der Waals surface area contributed by atoms with E-state index in [1.54, 1.807) is 0 Å². The van der Waals surface area contributed by atoms with E-state index in [0.717, 1.165) is 0 Å². The normalized spacial score (nSPS) is 9.56. The molecule has 1 N–H and O–H groups in total. The predicted molar refractivity (Wildman–Crippen MR) is 55.4 cm³/mol. The number of phenols is 1. The van der Waals surface area contributed by atoms with Gasteiger partial charge < -0.3 is 14.6 Å². The van der Waals surface area contributed by atoms with Crippen LogP contribution in [-0.4, -0.2) is 29.5 Å². The lowest BCUT2D eigenvalue weighted by atomic mass is 10.3. The van der Waals surface area contributed by atoms with E-state index in [9.17, 15) is 9.59 Å². The van der Waals surface area contributed by atoms with Crippen molar-refractivity contribution in [1.82, 2.24) is 0 Å². The third kappa shape index (κ3) is 4.18. The molecule has 1 rings (SSSR count). The maximum atomic E-state index is 11.0. The van der Waals surface area contributed by atoms with Crippen LogP contribution in [0.3, 0.4) is 0 Å². The Morgan fingerprint density at radius 2 is 1.81 bits per heavy atom. The first kappa shape index (κ1) is 12.3. The average Bonchev–Trinajstić information content (AvgIpc) is 2.28. The summed E-state index contributed by atoms with van der Waals surface area (Å²) >= 11 is 5.14. The van der Waals surface area contributed by atoms with Crippen LogP contribution in [0.5, 0.6) is 11.5 Å². The topological polar surface area (TPSA) is 72.8 Å². The Balaban J connectivity index is 2.37. The number of esters is 2. The number of ether oxygens (including phenoxy) is 2. The summed E-state index contributed by atoms with van der Waals surface area (Å²) in [7, 11) is 0. The van der Waals surface area contributed by atoms with Gasteiger partial charge in [0.1, 0.15) is 17.4 Å². The Labute approximate surface area is 96.5 Å². The minimum atomic E-state index is -0.821. The molecule has 0 saturated heterocycles. The fourth-order valence-electron chi connectivity index (χ4n) is 0.868. The van der Waals surface area contributed by atoms with Gasteiger partial charge in [-0.05, 0) is 24.3 Å². The van der Waals surface area contributed by atoms with Gasteiger partial charge in [-0.15, -0.1) is 11.6 Å². The van der Waals surface area contributed by atoms with Crippen LogP contribution in [-0.2, 0) is 14.3 Å². The second kappa shape index (κ2) is 5.97. The molecule has 0 aromatic heterocycles. The van der Waals surface area contributed by atoms with Crippen LogP contribution in [0.15, 0.2) is 24.3 Å². The van der Waals surface area contributed by atoms with Crippen molar-refractivity contribution in [3.05, 3.63) is 24.3 Å². The first-order chi connectivity index (χ1) is 7.61. The van der Waals surface area contributed by atoms with Gasteiger partial charge in [0.15, 0.2) is 6.61 Å². The Morgan fingerprint density at radius 3 is 2.38 bits per heavy atom. The molecule has 0 aliphatic heterocycles. The summed E-state index contributed by atoms with van der Waals surface area (Å²) < 4.78 is 9.25. The molecule has 0 aliphatic rings. The van der Waals surface area contributed by atoms with Gasteiger partial charge in [-0.25, -0.2) is 4.79 Å². The van der Waals surface area contributed by atoms with Crippen LogP contribution in [0.1, 0.15) is 0 Å². The number of aromatic hydroxyl groups is 1. The van der Waals surface area contributed by atoms with E-state index in [1.165, 1.54) is 24.3 Å². The summed E-state index contributed by atoms with van der Waals surface area (Å²) in [5, 5.41) is 8.98. The average molecular weight is 245 g/mol. The minimum Gasteiger partial charge on any atom is -0.508 e. The molecular formula is C10H9ClO5. The number of phenolic OH excluding ortho intramolecular Hbond substituents is 1. The van der Waals surface area contributed by atoms with Gasteiger partial charge in [0.25, 0.3) is 0 Å². The highest BCUT2D eigenvalue weighted by Gasteiger charge is 2.09. The van der Waals surface area contributed by atoms with Crippen molar-refractivity contribution < 1.29 is 24.2 Å². The highest BCUT2D eigenvalue weighted by molar-refractivity contribution is 6.27. The summed E-state index contributed by atoms with van der Waals surface area (Å²) in [6.07, 6.45) is 0. The van der Waals surface area contributed by atoms with Gasteiger partial charge in [0, 0.05) is 0 Å². The van der Waals surface area contributed by atoms with Gasteiger partial charge in [-0.2, -0.15) is 0 Å². The molecule has 0 fully saturated rings. The molecule has 0 amide bonds. The maximum Gasteiger partial charge on any atom is 0.351 e. The molecule has 0 radical (unpaired) electrons. The van der Waals surface area contributed by atoms with E-state index in [0.29, 0.717) is 5.75 Å². The number of rotatable bonds is 4. The fourth-order valence-corrected chi connectivity index (χ4v) is 0.923.